The zero-order valence-electron chi connectivity index (χ0n) is 49.6. The Balaban J connectivity index is 1.03. The summed E-state index contributed by atoms with van der Waals surface area (Å²) in [7, 11) is 0. The van der Waals surface area contributed by atoms with Crippen LogP contribution in [0.15, 0.2) is 206 Å². The zero-order valence-corrected chi connectivity index (χ0v) is 49.6. The molecule has 10 aromatic rings. The van der Waals surface area contributed by atoms with Crippen molar-refractivity contribution in [1.82, 2.24) is 0 Å². The van der Waals surface area contributed by atoms with Gasteiger partial charge in [-0.15, -0.1) is 0 Å². The van der Waals surface area contributed by atoms with Crippen LogP contribution in [0.25, 0.3) is 55.6 Å². The number of hydrogen-bond donors (Lipinski definition) is 0. The quantitative estimate of drug-likeness (QED) is 0.159. The Hall–Kier alpha value is -8.14. The van der Waals surface area contributed by atoms with Crippen molar-refractivity contribution in [2.24, 2.45) is 0 Å². The fourth-order valence-electron chi connectivity index (χ4n) is 14.4. The van der Waals surface area contributed by atoms with Crippen molar-refractivity contribution in [3.8, 4) is 55.6 Å². The van der Waals surface area contributed by atoms with Crippen LogP contribution >= 0.6 is 0 Å². The van der Waals surface area contributed by atoms with Crippen LogP contribution in [-0.4, -0.2) is 6.71 Å². The van der Waals surface area contributed by atoms with E-state index in [0.29, 0.717) is 0 Å². The van der Waals surface area contributed by atoms with Crippen LogP contribution in [0, 0.1) is 0 Å². The van der Waals surface area contributed by atoms with Gasteiger partial charge in [-0.25, -0.2) is 0 Å². The van der Waals surface area contributed by atoms with E-state index >= 15 is 0 Å². The third-order valence-electron chi connectivity index (χ3n) is 18.9. The first-order valence-electron chi connectivity index (χ1n) is 29.5. The van der Waals surface area contributed by atoms with Gasteiger partial charge in [-0.3, -0.25) is 0 Å². The number of nitrogens with zero attached hydrogens (tertiary/aromatic N) is 2. The highest BCUT2D eigenvalue weighted by molar-refractivity contribution is 7.00. The predicted octanol–water partition coefficient (Wildman–Crippen LogP) is 19.3. The Morgan fingerprint density at radius 1 is 0.309 bits per heavy atom. The Labute approximate surface area is 482 Å². The van der Waals surface area contributed by atoms with Gasteiger partial charge in [0.1, 0.15) is 0 Å². The van der Waals surface area contributed by atoms with Gasteiger partial charge in [-0.05, 0) is 170 Å². The molecule has 81 heavy (non-hydrogen) atoms. The first kappa shape index (κ1) is 51.0. The lowest BCUT2D eigenvalue weighted by atomic mass is 9.33. The molecule has 0 unspecified atom stereocenters. The van der Waals surface area contributed by atoms with E-state index in [1.165, 1.54) is 139 Å². The van der Waals surface area contributed by atoms with Crippen LogP contribution < -0.4 is 26.2 Å². The van der Waals surface area contributed by atoms with Crippen molar-refractivity contribution in [2.75, 3.05) is 9.80 Å². The number of rotatable bonds is 5. The van der Waals surface area contributed by atoms with Gasteiger partial charge in [0.15, 0.2) is 0 Å². The highest BCUT2D eigenvalue weighted by Crippen LogP contribution is 2.56. The lowest BCUT2D eigenvalue weighted by Crippen LogP contribution is -2.61. The SMILES string of the molecule is CC(C)(C)c1ccc2c(c1)B1c3cc(C(C)(C)C)ccc3N(c3ccc(-c4cccc5c4-c4ccccc4C5(C)C)cc3-c3ccccc3)c3cc(C(C)(C)C)cc(c31)N2c1ccc(-c2cccc3c2-c2ccccc2C3(C)C)cc1. The van der Waals surface area contributed by atoms with Crippen LogP contribution in [0.1, 0.15) is 129 Å². The molecule has 398 valence electrons. The third-order valence-corrected chi connectivity index (χ3v) is 18.9. The molecular weight excluding hydrogens is 976 g/mol. The maximum Gasteiger partial charge on any atom is 0.252 e. The van der Waals surface area contributed by atoms with Crippen molar-refractivity contribution in [3.63, 3.8) is 0 Å². The normalized spacial score (nSPS) is 15.1. The molecule has 0 aromatic heterocycles. The minimum absolute atomic E-state index is 0.0319. The van der Waals surface area contributed by atoms with E-state index in [4.69, 9.17) is 0 Å². The van der Waals surface area contributed by atoms with Crippen LogP contribution in [0.2, 0.25) is 0 Å². The van der Waals surface area contributed by atoms with Gasteiger partial charge in [0.05, 0.1) is 5.69 Å². The average Bonchev–Trinajstić information content (AvgIpc) is 3.98. The number of hydrogen-bond acceptors (Lipinski definition) is 2. The second kappa shape index (κ2) is 17.7. The maximum absolute atomic E-state index is 2.65. The van der Waals surface area contributed by atoms with Crippen molar-refractivity contribution in [2.45, 2.75) is 117 Å². The van der Waals surface area contributed by atoms with E-state index in [1.54, 1.807) is 0 Å². The van der Waals surface area contributed by atoms with Crippen LogP contribution in [0.3, 0.4) is 0 Å². The maximum atomic E-state index is 2.65. The number of benzene rings is 10. The summed E-state index contributed by atoms with van der Waals surface area (Å²) in [5, 5.41) is 0. The fraction of sp³-hybridized carbons (Fsp3) is 0.231. The molecular formula is C78H73BN2. The molecule has 0 atom stereocenters. The molecule has 4 aliphatic rings. The molecule has 14 rings (SSSR count). The second-order valence-corrected chi connectivity index (χ2v) is 27.8. The van der Waals surface area contributed by atoms with Gasteiger partial charge >= 0.3 is 0 Å². The smallest absolute Gasteiger partial charge is 0.252 e. The Bertz CT molecular complexity index is 4230. The predicted molar refractivity (Wildman–Crippen MR) is 348 cm³/mol. The second-order valence-electron chi connectivity index (χ2n) is 27.8. The molecule has 2 aliphatic heterocycles. The van der Waals surface area contributed by atoms with Crippen LogP contribution in [-0.2, 0) is 27.1 Å². The van der Waals surface area contributed by atoms with Crippen LogP contribution in [0.4, 0.5) is 34.1 Å². The topological polar surface area (TPSA) is 6.48 Å². The molecule has 2 heterocycles. The number of anilines is 6. The third kappa shape index (κ3) is 7.74. The Morgan fingerprint density at radius 2 is 0.728 bits per heavy atom. The molecule has 10 aromatic carbocycles. The van der Waals surface area contributed by atoms with E-state index in [0.717, 1.165) is 5.69 Å². The lowest BCUT2D eigenvalue weighted by molar-refractivity contribution is 0.590. The Kier molecular flexibility index (Phi) is 11.1. The highest BCUT2D eigenvalue weighted by Gasteiger charge is 2.46. The molecule has 3 heteroatoms. The lowest BCUT2D eigenvalue weighted by Gasteiger charge is -2.46. The van der Waals surface area contributed by atoms with Crippen molar-refractivity contribution in [3.05, 3.63) is 245 Å². The van der Waals surface area contributed by atoms with Crippen molar-refractivity contribution >= 4 is 57.2 Å². The summed E-state index contributed by atoms with van der Waals surface area (Å²) < 4.78 is 0. The summed E-state index contributed by atoms with van der Waals surface area (Å²) in [6.07, 6.45) is 0. The fourth-order valence-corrected chi connectivity index (χ4v) is 14.4. The molecule has 0 saturated carbocycles. The van der Waals surface area contributed by atoms with E-state index < -0.39 is 0 Å². The van der Waals surface area contributed by atoms with E-state index in [9.17, 15) is 0 Å². The molecule has 0 amide bonds. The summed E-state index contributed by atoms with van der Waals surface area (Å²) in [5.74, 6) is 0. The zero-order chi connectivity index (χ0) is 56.3. The van der Waals surface area contributed by atoms with Gasteiger partial charge in [0.25, 0.3) is 6.71 Å². The molecule has 0 radical (unpaired) electrons. The molecule has 0 N–H and O–H groups in total. The summed E-state index contributed by atoms with van der Waals surface area (Å²) in [6, 6.07) is 79.8. The summed E-state index contributed by atoms with van der Waals surface area (Å²) in [6.45, 7) is 30.8. The molecule has 0 bridgehead atoms. The molecule has 0 saturated heterocycles. The highest BCUT2D eigenvalue weighted by atomic mass is 15.2. The average molecular weight is 1050 g/mol. The van der Waals surface area contributed by atoms with Gasteiger partial charge in [-0.2, -0.15) is 0 Å². The first-order chi connectivity index (χ1) is 38.6. The van der Waals surface area contributed by atoms with E-state index in [-0.39, 0.29) is 33.8 Å². The molecule has 2 aliphatic carbocycles. The minimum atomic E-state index is -0.170. The van der Waals surface area contributed by atoms with Crippen molar-refractivity contribution < 1.29 is 0 Å². The van der Waals surface area contributed by atoms with E-state index in [1.807, 2.05) is 0 Å². The Morgan fingerprint density at radius 3 is 1.26 bits per heavy atom. The standard InChI is InChI=1S/C78H73BN2/c1-74(2,3)51-36-41-67-64(44-51)79-65-45-52(75(4,5)6)37-42-68(65)81(66-40-35-50(43-59(66)48-23-15-14-16-24-48)56-28-22-32-63-72(56)58-26-18-20-30-61(58)78(63,12)13)70-47-53(76(7,8)9)46-69(73(70)79)80(67)54-38-33-49(34-39-54)55-27-21-31-62-71(55)57-25-17-19-29-60(57)77(62,10)11/h14-47H,1-13H3. The van der Waals surface area contributed by atoms with Crippen molar-refractivity contribution in [1.29, 1.82) is 0 Å². The number of fused-ring (bicyclic) bond motifs is 10. The largest absolute Gasteiger partial charge is 0.311 e. The molecule has 2 nitrogen and oxygen atoms in total. The van der Waals surface area contributed by atoms with Gasteiger partial charge in [0.2, 0.25) is 0 Å². The summed E-state index contributed by atoms with van der Waals surface area (Å²) in [5.41, 5.74) is 33.1. The van der Waals surface area contributed by atoms with Gasteiger partial charge in [-0.1, -0.05) is 248 Å². The summed E-state index contributed by atoms with van der Waals surface area (Å²) in [4.78, 5) is 5.26. The molecule has 0 fully saturated rings. The first-order valence-corrected chi connectivity index (χ1v) is 29.5. The summed E-state index contributed by atoms with van der Waals surface area (Å²) >= 11 is 0. The van der Waals surface area contributed by atoms with Gasteiger partial charge in [0, 0.05) is 44.8 Å². The molecule has 0 spiro atoms. The monoisotopic (exact) mass is 1050 g/mol. The van der Waals surface area contributed by atoms with Gasteiger partial charge < -0.3 is 9.80 Å². The van der Waals surface area contributed by atoms with E-state index in [2.05, 4.69) is 306 Å². The minimum Gasteiger partial charge on any atom is -0.311 e. The van der Waals surface area contributed by atoms with Crippen LogP contribution in [0.5, 0.6) is 0 Å².